The van der Waals surface area contributed by atoms with Crippen molar-refractivity contribution in [3.05, 3.63) is 69.3 Å². The van der Waals surface area contributed by atoms with Gasteiger partial charge in [0, 0.05) is 17.4 Å². The van der Waals surface area contributed by atoms with E-state index in [0.717, 1.165) is 16.5 Å². The number of nitrogens with zero attached hydrogens (tertiary/aromatic N) is 1. The molecule has 0 atom stereocenters. The second kappa shape index (κ2) is 8.67. The molecule has 0 saturated heterocycles. The summed E-state index contributed by atoms with van der Waals surface area (Å²) in [4.78, 5) is 24.5. The van der Waals surface area contributed by atoms with Crippen molar-refractivity contribution in [2.24, 2.45) is 0 Å². The molecule has 28 heavy (non-hydrogen) atoms. The van der Waals surface area contributed by atoms with Crippen LogP contribution in [0.4, 0.5) is 0 Å². The summed E-state index contributed by atoms with van der Waals surface area (Å²) in [5, 5.41) is 1.65. The van der Waals surface area contributed by atoms with Gasteiger partial charge in [0.15, 0.2) is 0 Å². The van der Waals surface area contributed by atoms with Gasteiger partial charge in [-0.05, 0) is 55.8 Å². The van der Waals surface area contributed by atoms with Gasteiger partial charge in [0.05, 0.1) is 28.8 Å². The molecular formula is C21H19Cl2NO4. The highest BCUT2D eigenvalue weighted by Crippen LogP contribution is 2.27. The molecule has 0 aliphatic rings. The lowest BCUT2D eigenvalue weighted by Gasteiger charge is -2.11. The van der Waals surface area contributed by atoms with Crippen molar-refractivity contribution in [3.8, 4) is 0 Å². The van der Waals surface area contributed by atoms with Crippen molar-refractivity contribution >= 4 is 46.0 Å². The monoisotopic (exact) mass is 419 g/mol. The van der Waals surface area contributed by atoms with Crippen LogP contribution in [0.5, 0.6) is 0 Å². The summed E-state index contributed by atoms with van der Waals surface area (Å²) < 4.78 is 12.1. The molecule has 3 aromatic rings. The molecule has 0 unspecified atom stereocenters. The molecule has 0 amide bonds. The Hall–Kier alpha value is -2.50. The van der Waals surface area contributed by atoms with Crippen LogP contribution in [-0.4, -0.2) is 29.7 Å². The molecule has 0 fully saturated rings. The number of halogens is 2. The average Bonchev–Trinajstić information content (AvgIpc) is 3.03. The van der Waals surface area contributed by atoms with Gasteiger partial charge in [-0.15, -0.1) is 0 Å². The highest BCUT2D eigenvalue weighted by Gasteiger charge is 2.19. The van der Waals surface area contributed by atoms with Crippen LogP contribution < -0.4 is 0 Å². The molecule has 0 aliphatic carbocycles. The van der Waals surface area contributed by atoms with Crippen molar-refractivity contribution in [2.45, 2.75) is 20.4 Å². The van der Waals surface area contributed by atoms with Gasteiger partial charge in [-0.1, -0.05) is 29.3 Å². The van der Waals surface area contributed by atoms with Gasteiger partial charge in [-0.25, -0.2) is 9.59 Å². The Morgan fingerprint density at radius 2 is 1.61 bits per heavy atom. The molecule has 0 bridgehead atoms. The van der Waals surface area contributed by atoms with Crippen LogP contribution in [-0.2, 0) is 16.0 Å². The van der Waals surface area contributed by atoms with Crippen molar-refractivity contribution in [3.63, 3.8) is 0 Å². The van der Waals surface area contributed by atoms with Crippen LogP contribution in [0, 0.1) is 0 Å². The third-order valence-corrected chi connectivity index (χ3v) is 4.96. The molecule has 2 aromatic carbocycles. The van der Waals surface area contributed by atoms with Crippen LogP contribution in [0.3, 0.4) is 0 Å². The zero-order chi connectivity index (χ0) is 20.3. The lowest BCUT2D eigenvalue weighted by atomic mass is 10.1. The Kier molecular flexibility index (Phi) is 6.27. The SMILES string of the molecule is CCOC(=O)c1ccc2c(c1)cc(C(=O)OCC)n2Cc1ccc(Cl)c(Cl)c1. The minimum atomic E-state index is -0.434. The Morgan fingerprint density at radius 1 is 0.893 bits per heavy atom. The summed E-state index contributed by atoms with van der Waals surface area (Å²) in [5.41, 5.74) is 2.49. The summed E-state index contributed by atoms with van der Waals surface area (Å²) in [6, 6.07) is 12.2. The molecule has 0 N–H and O–H groups in total. The van der Waals surface area contributed by atoms with Crippen molar-refractivity contribution in [1.82, 2.24) is 4.57 Å². The number of ether oxygens (including phenoxy) is 2. The van der Waals surface area contributed by atoms with Gasteiger partial charge in [-0.2, -0.15) is 0 Å². The first-order valence-electron chi connectivity index (χ1n) is 8.86. The van der Waals surface area contributed by atoms with Crippen molar-refractivity contribution in [1.29, 1.82) is 0 Å². The van der Waals surface area contributed by atoms with E-state index in [0.29, 0.717) is 34.5 Å². The van der Waals surface area contributed by atoms with E-state index in [1.807, 2.05) is 10.6 Å². The molecular weight excluding hydrogens is 401 g/mol. The third kappa shape index (κ3) is 4.16. The number of hydrogen-bond donors (Lipinski definition) is 0. The van der Waals surface area contributed by atoms with Gasteiger partial charge in [0.1, 0.15) is 5.69 Å². The fourth-order valence-electron chi connectivity index (χ4n) is 2.98. The Morgan fingerprint density at radius 3 is 2.29 bits per heavy atom. The summed E-state index contributed by atoms with van der Waals surface area (Å²) in [6.07, 6.45) is 0. The molecule has 0 radical (unpaired) electrons. The largest absolute Gasteiger partial charge is 0.462 e. The van der Waals surface area contributed by atoms with Gasteiger partial charge >= 0.3 is 11.9 Å². The highest BCUT2D eigenvalue weighted by atomic mass is 35.5. The molecule has 1 aromatic heterocycles. The predicted octanol–water partition coefficient (Wildman–Crippen LogP) is 5.35. The average molecular weight is 420 g/mol. The molecule has 7 heteroatoms. The quantitative estimate of drug-likeness (QED) is 0.505. The zero-order valence-corrected chi connectivity index (χ0v) is 17.0. The second-order valence-corrected chi connectivity index (χ2v) is 6.89. The number of benzene rings is 2. The lowest BCUT2D eigenvalue weighted by molar-refractivity contribution is 0.0509. The van der Waals surface area contributed by atoms with E-state index >= 15 is 0 Å². The normalized spacial score (nSPS) is 10.9. The lowest BCUT2D eigenvalue weighted by Crippen LogP contribution is -2.13. The minimum Gasteiger partial charge on any atom is -0.462 e. The fourth-order valence-corrected chi connectivity index (χ4v) is 3.30. The Bertz CT molecular complexity index is 1040. The van der Waals surface area contributed by atoms with Crippen LogP contribution in [0.2, 0.25) is 10.0 Å². The van der Waals surface area contributed by atoms with Gasteiger partial charge in [0.25, 0.3) is 0 Å². The summed E-state index contributed by atoms with van der Waals surface area (Å²) >= 11 is 12.1. The molecule has 0 aliphatic heterocycles. The molecule has 5 nitrogen and oxygen atoms in total. The maximum Gasteiger partial charge on any atom is 0.354 e. The smallest absolute Gasteiger partial charge is 0.354 e. The second-order valence-electron chi connectivity index (χ2n) is 6.08. The summed E-state index contributed by atoms with van der Waals surface area (Å²) in [7, 11) is 0. The topological polar surface area (TPSA) is 57.5 Å². The first kappa shape index (κ1) is 20.2. The highest BCUT2D eigenvalue weighted by molar-refractivity contribution is 6.42. The maximum atomic E-state index is 12.5. The number of carbonyl (C=O) groups is 2. The van der Waals surface area contributed by atoms with Gasteiger partial charge in [0.2, 0.25) is 0 Å². The molecule has 0 spiro atoms. The number of esters is 2. The van der Waals surface area contributed by atoms with Crippen LogP contribution in [0.15, 0.2) is 42.5 Å². The molecule has 3 rings (SSSR count). The van der Waals surface area contributed by atoms with Crippen molar-refractivity contribution < 1.29 is 19.1 Å². The number of fused-ring (bicyclic) bond motifs is 1. The number of hydrogen-bond acceptors (Lipinski definition) is 4. The minimum absolute atomic E-state index is 0.265. The van der Waals surface area contributed by atoms with E-state index in [1.54, 1.807) is 50.2 Å². The van der Waals surface area contributed by atoms with Crippen LogP contribution in [0.25, 0.3) is 10.9 Å². The van der Waals surface area contributed by atoms with Crippen molar-refractivity contribution in [2.75, 3.05) is 13.2 Å². The third-order valence-electron chi connectivity index (χ3n) is 4.22. The Balaban J connectivity index is 2.08. The number of rotatable bonds is 6. The fraction of sp³-hybridized carbons (Fsp3) is 0.238. The van der Waals surface area contributed by atoms with Crippen LogP contribution >= 0.6 is 23.2 Å². The van der Waals surface area contributed by atoms with E-state index < -0.39 is 11.9 Å². The number of aromatic nitrogens is 1. The predicted molar refractivity (Wildman–Crippen MR) is 109 cm³/mol. The summed E-state index contributed by atoms with van der Waals surface area (Å²) in [5.74, 6) is -0.837. The summed E-state index contributed by atoms with van der Waals surface area (Å²) in [6.45, 7) is 4.46. The zero-order valence-electron chi connectivity index (χ0n) is 15.5. The molecule has 0 saturated carbocycles. The van der Waals surface area contributed by atoms with Crippen LogP contribution in [0.1, 0.15) is 40.3 Å². The number of carbonyl (C=O) groups excluding carboxylic acids is 2. The maximum absolute atomic E-state index is 12.5. The van der Waals surface area contributed by atoms with Gasteiger partial charge < -0.3 is 14.0 Å². The van der Waals surface area contributed by atoms with Gasteiger partial charge in [-0.3, -0.25) is 0 Å². The van der Waals surface area contributed by atoms with E-state index in [4.69, 9.17) is 32.7 Å². The first-order chi connectivity index (χ1) is 13.4. The standard InChI is InChI=1S/C21H19Cl2NO4/c1-3-27-20(25)14-6-8-18-15(10-14)11-19(21(26)28-4-2)24(18)12-13-5-7-16(22)17(23)9-13/h5-11H,3-4,12H2,1-2H3. The van der Waals surface area contributed by atoms with E-state index in [9.17, 15) is 9.59 Å². The van der Waals surface area contributed by atoms with E-state index in [-0.39, 0.29) is 6.61 Å². The molecule has 1 heterocycles. The molecule has 146 valence electrons. The van der Waals surface area contributed by atoms with E-state index in [1.165, 1.54) is 0 Å². The van der Waals surface area contributed by atoms with E-state index in [2.05, 4.69) is 0 Å². The first-order valence-corrected chi connectivity index (χ1v) is 9.61. The Labute approximate surface area is 172 Å².